The Morgan fingerprint density at radius 2 is 1.62 bits per heavy atom. The Bertz CT molecular complexity index is 609. The number of rotatable bonds is 4. The van der Waals surface area contributed by atoms with Crippen molar-refractivity contribution >= 4 is 5.91 Å². The van der Waals surface area contributed by atoms with Crippen LogP contribution in [0.15, 0.2) is 48.5 Å². The smallest absolute Gasteiger partial charge is 0.221 e. The summed E-state index contributed by atoms with van der Waals surface area (Å²) in [6.07, 6.45) is 0.457. The van der Waals surface area contributed by atoms with Crippen molar-refractivity contribution in [2.75, 3.05) is 13.6 Å². The summed E-state index contributed by atoms with van der Waals surface area (Å²) in [5, 5.41) is 6.10. The van der Waals surface area contributed by atoms with E-state index in [0.717, 1.165) is 22.6 Å². The van der Waals surface area contributed by atoms with Gasteiger partial charge >= 0.3 is 0 Å². The van der Waals surface area contributed by atoms with Crippen LogP contribution < -0.4 is 15.4 Å². The van der Waals surface area contributed by atoms with Gasteiger partial charge in [0, 0.05) is 31.1 Å². The van der Waals surface area contributed by atoms with E-state index >= 15 is 0 Å². The maximum Gasteiger partial charge on any atom is 0.221 e. The zero-order chi connectivity index (χ0) is 14.7. The lowest BCUT2D eigenvalue weighted by Gasteiger charge is -2.28. The molecule has 0 bridgehead atoms. The van der Waals surface area contributed by atoms with E-state index in [4.69, 9.17) is 4.74 Å². The topological polar surface area (TPSA) is 50.4 Å². The third-order valence-electron chi connectivity index (χ3n) is 3.66. The summed E-state index contributed by atoms with van der Waals surface area (Å²) in [6.45, 7) is 0.618. The lowest BCUT2D eigenvalue weighted by Crippen LogP contribution is -2.29. The van der Waals surface area contributed by atoms with Gasteiger partial charge in [-0.1, -0.05) is 36.4 Å². The van der Waals surface area contributed by atoms with Gasteiger partial charge in [-0.15, -0.1) is 0 Å². The van der Waals surface area contributed by atoms with Gasteiger partial charge < -0.3 is 15.4 Å². The number of hydrogen-bond acceptors (Lipinski definition) is 3. The second-order valence-corrected chi connectivity index (χ2v) is 4.99. The Labute approximate surface area is 124 Å². The minimum atomic E-state index is 0.0381. The van der Waals surface area contributed by atoms with Crippen LogP contribution in [0.3, 0.4) is 0 Å². The fraction of sp³-hybridized carbons (Fsp3) is 0.235. The maximum atomic E-state index is 11.4. The number of amides is 1. The third kappa shape index (κ3) is 2.76. The number of ether oxygens (including phenoxy) is 1. The van der Waals surface area contributed by atoms with Crippen LogP contribution in [0.4, 0.5) is 0 Å². The molecule has 4 heteroatoms. The van der Waals surface area contributed by atoms with Gasteiger partial charge in [-0.2, -0.15) is 0 Å². The minimum Gasteiger partial charge on any atom is -0.457 e. The molecule has 2 aromatic rings. The molecule has 0 spiro atoms. The molecule has 0 fully saturated rings. The quantitative estimate of drug-likeness (QED) is 0.906. The van der Waals surface area contributed by atoms with Crippen LogP contribution in [0.25, 0.3) is 0 Å². The Kier molecular flexibility index (Phi) is 3.88. The van der Waals surface area contributed by atoms with Gasteiger partial charge in [0.05, 0.1) is 6.04 Å². The molecule has 1 heterocycles. The average Bonchev–Trinajstić information content (AvgIpc) is 2.54. The molecule has 0 unspecified atom stereocenters. The number of carbonyl (C=O) groups is 1. The summed E-state index contributed by atoms with van der Waals surface area (Å²) in [7, 11) is 1.65. The fourth-order valence-electron chi connectivity index (χ4n) is 2.58. The largest absolute Gasteiger partial charge is 0.457 e. The molecular formula is C17H18N2O2. The molecule has 3 rings (SSSR count). The zero-order valence-electron chi connectivity index (χ0n) is 11.9. The molecule has 21 heavy (non-hydrogen) atoms. The van der Waals surface area contributed by atoms with Gasteiger partial charge in [-0.25, -0.2) is 0 Å². The molecule has 108 valence electrons. The molecule has 4 nitrogen and oxygen atoms in total. The van der Waals surface area contributed by atoms with Crippen LogP contribution in [0.2, 0.25) is 0 Å². The molecule has 1 amide bonds. The van der Waals surface area contributed by atoms with Gasteiger partial charge in [-0.3, -0.25) is 4.79 Å². The summed E-state index contributed by atoms with van der Waals surface area (Å²) in [5.74, 6) is 1.78. The van der Waals surface area contributed by atoms with E-state index in [1.165, 1.54) is 0 Å². The second kappa shape index (κ2) is 5.97. The van der Waals surface area contributed by atoms with E-state index in [1.54, 1.807) is 7.05 Å². The van der Waals surface area contributed by atoms with Crippen molar-refractivity contribution in [1.29, 1.82) is 0 Å². The molecule has 0 saturated heterocycles. The van der Waals surface area contributed by atoms with Crippen LogP contribution in [0, 0.1) is 0 Å². The summed E-state index contributed by atoms with van der Waals surface area (Å²) in [5.41, 5.74) is 2.21. The molecule has 1 aliphatic rings. The van der Waals surface area contributed by atoms with Crippen LogP contribution in [0.1, 0.15) is 23.6 Å². The van der Waals surface area contributed by atoms with Crippen LogP contribution in [0.5, 0.6) is 11.5 Å². The Morgan fingerprint density at radius 3 is 2.19 bits per heavy atom. The highest BCUT2D eigenvalue weighted by Gasteiger charge is 2.26. The summed E-state index contributed by atoms with van der Waals surface area (Å²) >= 11 is 0. The molecule has 2 aromatic carbocycles. The molecule has 0 atom stereocenters. The number of hydrogen-bond donors (Lipinski definition) is 2. The minimum absolute atomic E-state index is 0.0381. The van der Waals surface area contributed by atoms with E-state index < -0.39 is 0 Å². The van der Waals surface area contributed by atoms with Gasteiger partial charge in [-0.05, 0) is 12.1 Å². The van der Waals surface area contributed by atoms with Crippen molar-refractivity contribution in [2.24, 2.45) is 0 Å². The predicted octanol–water partition coefficient (Wildman–Crippen LogP) is 2.61. The molecule has 1 aliphatic heterocycles. The highest BCUT2D eigenvalue weighted by Crippen LogP contribution is 2.42. The van der Waals surface area contributed by atoms with Crippen molar-refractivity contribution in [3.05, 3.63) is 59.7 Å². The summed E-state index contributed by atoms with van der Waals surface area (Å²) < 4.78 is 5.94. The van der Waals surface area contributed by atoms with E-state index in [1.807, 2.05) is 36.4 Å². The van der Waals surface area contributed by atoms with Gasteiger partial charge in [0.25, 0.3) is 0 Å². The highest BCUT2D eigenvalue weighted by molar-refractivity contribution is 5.75. The zero-order valence-corrected chi connectivity index (χ0v) is 11.9. The van der Waals surface area contributed by atoms with E-state index in [0.29, 0.717) is 13.0 Å². The van der Waals surface area contributed by atoms with Crippen LogP contribution >= 0.6 is 0 Å². The first-order valence-corrected chi connectivity index (χ1v) is 7.09. The average molecular weight is 282 g/mol. The Morgan fingerprint density at radius 1 is 1.05 bits per heavy atom. The van der Waals surface area contributed by atoms with Crippen molar-refractivity contribution in [3.8, 4) is 11.5 Å². The van der Waals surface area contributed by atoms with Crippen molar-refractivity contribution < 1.29 is 9.53 Å². The standard InChI is InChI=1S/C17H18N2O2/c1-18-16(20)10-11-19-17-12-6-2-4-8-14(12)21-15-9-5-3-7-13(15)17/h2-9,17,19H,10-11H2,1H3,(H,18,20). The fourth-order valence-corrected chi connectivity index (χ4v) is 2.58. The molecule has 0 saturated carbocycles. The van der Waals surface area contributed by atoms with Gasteiger partial charge in [0.2, 0.25) is 5.91 Å². The predicted molar refractivity (Wildman–Crippen MR) is 81.5 cm³/mol. The van der Waals surface area contributed by atoms with Gasteiger partial charge in [0.15, 0.2) is 0 Å². The van der Waals surface area contributed by atoms with Crippen molar-refractivity contribution in [1.82, 2.24) is 10.6 Å². The van der Waals surface area contributed by atoms with Crippen molar-refractivity contribution in [2.45, 2.75) is 12.5 Å². The second-order valence-electron chi connectivity index (χ2n) is 4.99. The normalized spacial score (nSPS) is 13.0. The molecule has 0 aliphatic carbocycles. The monoisotopic (exact) mass is 282 g/mol. The number of para-hydroxylation sites is 2. The van der Waals surface area contributed by atoms with Gasteiger partial charge in [0.1, 0.15) is 11.5 Å². The first kappa shape index (κ1) is 13.6. The number of fused-ring (bicyclic) bond motifs is 2. The number of nitrogens with one attached hydrogen (secondary N) is 2. The van der Waals surface area contributed by atoms with E-state index in [9.17, 15) is 4.79 Å². The lowest BCUT2D eigenvalue weighted by atomic mass is 9.94. The maximum absolute atomic E-state index is 11.4. The SMILES string of the molecule is CNC(=O)CCNC1c2ccccc2Oc2ccccc21. The first-order valence-electron chi connectivity index (χ1n) is 7.09. The third-order valence-corrected chi connectivity index (χ3v) is 3.66. The number of carbonyl (C=O) groups excluding carboxylic acids is 1. The van der Waals surface area contributed by atoms with Crippen LogP contribution in [-0.2, 0) is 4.79 Å². The van der Waals surface area contributed by atoms with E-state index in [2.05, 4.69) is 22.8 Å². The summed E-state index contributed by atoms with van der Waals surface area (Å²) in [4.78, 5) is 11.4. The van der Waals surface area contributed by atoms with Crippen molar-refractivity contribution in [3.63, 3.8) is 0 Å². The summed E-state index contributed by atoms with van der Waals surface area (Å²) in [6, 6.07) is 16.1. The molecular weight excluding hydrogens is 264 g/mol. The Balaban J connectivity index is 1.86. The Hall–Kier alpha value is -2.33. The molecule has 0 radical (unpaired) electrons. The number of benzene rings is 2. The highest BCUT2D eigenvalue weighted by atomic mass is 16.5. The van der Waals surface area contributed by atoms with Crippen LogP contribution in [-0.4, -0.2) is 19.5 Å². The molecule has 2 N–H and O–H groups in total. The lowest BCUT2D eigenvalue weighted by molar-refractivity contribution is -0.120. The molecule has 0 aromatic heterocycles. The first-order chi connectivity index (χ1) is 10.3. The van der Waals surface area contributed by atoms with E-state index in [-0.39, 0.29) is 11.9 Å².